The van der Waals surface area contributed by atoms with Gasteiger partial charge in [0.25, 0.3) is 0 Å². The average Bonchev–Trinajstić information content (AvgIpc) is 1.99. The monoisotopic (exact) mass is 246 g/mol. The zero-order chi connectivity index (χ0) is 9.98. The fourth-order valence-corrected chi connectivity index (χ4v) is 0.200. The van der Waals surface area contributed by atoms with E-state index in [0.717, 1.165) is 6.08 Å². The molecule has 0 heterocycles. The molecule has 0 fully saturated rings. The first-order chi connectivity index (χ1) is 5.54. The highest BCUT2D eigenvalue weighted by Gasteiger charge is 1.88. The number of halogens is 3. The van der Waals surface area contributed by atoms with Gasteiger partial charge in [-0.2, -0.15) is 0 Å². The van der Waals surface area contributed by atoms with Crippen molar-refractivity contribution in [3.8, 4) is 0 Å². The van der Waals surface area contributed by atoms with Crippen molar-refractivity contribution in [3.63, 3.8) is 0 Å². The van der Waals surface area contributed by atoms with Crippen molar-refractivity contribution < 1.29 is 9.53 Å². The van der Waals surface area contributed by atoms with Crippen LogP contribution in [0.15, 0.2) is 25.3 Å². The third-order valence-corrected chi connectivity index (χ3v) is 0.510. The summed E-state index contributed by atoms with van der Waals surface area (Å²) in [7, 11) is 0. The first kappa shape index (κ1) is 14.6. The quantitative estimate of drug-likeness (QED) is 0.252. The number of rotatable bonds is 3. The van der Waals surface area contributed by atoms with Gasteiger partial charge in [-0.1, -0.05) is 19.2 Å². The molecule has 2 nitrogen and oxygen atoms in total. The molecule has 0 spiro atoms. The van der Waals surface area contributed by atoms with E-state index in [4.69, 9.17) is 33.2 Å². The predicted molar refractivity (Wildman–Crippen MR) is 56.1 cm³/mol. The maximum Gasteiger partial charge on any atom is 0.330 e. The molecule has 0 aromatic heterocycles. The van der Waals surface area contributed by atoms with Crippen LogP contribution in [0.5, 0.6) is 0 Å². The average molecular weight is 248 g/mol. The van der Waals surface area contributed by atoms with Crippen LogP contribution >= 0.6 is 33.2 Å². The number of hydrogen-bond acceptors (Lipinski definition) is 2. The minimum Gasteiger partial charge on any atom is -0.458 e. The molecule has 0 N–H and O–H groups in total. The zero-order valence-electron chi connectivity index (χ0n) is 6.30. The Kier molecular flexibility index (Phi) is 13.4. The summed E-state index contributed by atoms with van der Waals surface area (Å²) in [5.41, 5.74) is 0. The van der Waals surface area contributed by atoms with Gasteiger partial charge in [-0.05, 0) is 0 Å². The Bertz CT molecular complexity index is 147. The Balaban J connectivity index is 0. The molecule has 0 atom stereocenters. The van der Waals surface area contributed by atoms with Crippen LogP contribution in [0.1, 0.15) is 0 Å². The highest BCUT2D eigenvalue weighted by molar-refractivity contribution is 7.54. The van der Waals surface area contributed by atoms with Crippen LogP contribution in [0, 0.1) is 0 Å². The number of ether oxygens (including phenoxy) is 1. The molecule has 0 rings (SSSR count). The van der Waals surface area contributed by atoms with Crippen molar-refractivity contribution in [3.05, 3.63) is 25.3 Å². The van der Waals surface area contributed by atoms with E-state index >= 15 is 0 Å². The van der Waals surface area contributed by atoms with Crippen LogP contribution in [0.4, 0.5) is 0 Å². The molecular weight excluding hydrogens is 239 g/mol. The van der Waals surface area contributed by atoms with Crippen LogP contribution in [-0.2, 0) is 9.53 Å². The Morgan fingerprint density at radius 1 is 1.42 bits per heavy atom. The lowest BCUT2D eigenvalue weighted by atomic mass is 10.6. The fraction of sp³-hybridized carbons (Fsp3) is 0.167. The molecule has 12 heavy (non-hydrogen) atoms. The van der Waals surface area contributed by atoms with E-state index in [1.165, 1.54) is 6.08 Å². The fourth-order valence-electron chi connectivity index (χ4n) is 0.200. The van der Waals surface area contributed by atoms with Crippen molar-refractivity contribution in [1.29, 1.82) is 0 Å². The van der Waals surface area contributed by atoms with Crippen LogP contribution in [0.3, 0.4) is 0 Å². The second kappa shape index (κ2) is 11.0. The van der Waals surface area contributed by atoms with Gasteiger partial charge in [-0.25, -0.2) is 4.79 Å². The Hall–Kier alpha value is 0.0369. The maximum atomic E-state index is 10.2. The Morgan fingerprint density at radius 2 is 1.83 bits per heavy atom. The molecule has 70 valence electrons. The first-order valence-corrected chi connectivity index (χ1v) is 8.10. The van der Waals surface area contributed by atoms with Crippen LogP contribution in [0.2, 0.25) is 0 Å². The summed E-state index contributed by atoms with van der Waals surface area (Å²) >= 11 is 14.8. The molecular formula is C6H9Cl3O2Si. The number of carbonyl (C=O) groups excluding carboxylic acids is 1. The molecule has 0 radical (unpaired) electrons. The van der Waals surface area contributed by atoms with Gasteiger partial charge in [0.1, 0.15) is 6.61 Å². The van der Waals surface area contributed by atoms with Crippen LogP contribution in [-0.4, -0.2) is 19.3 Å². The molecule has 0 amide bonds. The van der Waals surface area contributed by atoms with Gasteiger partial charge < -0.3 is 4.74 Å². The first-order valence-electron chi connectivity index (χ1n) is 2.86. The largest absolute Gasteiger partial charge is 0.458 e. The summed E-state index contributed by atoms with van der Waals surface area (Å²) < 4.78 is 4.47. The summed E-state index contributed by atoms with van der Waals surface area (Å²) in [6.45, 7) is 5.09. The van der Waals surface area contributed by atoms with Crippen molar-refractivity contribution in [2.45, 2.75) is 0 Å². The third-order valence-electron chi connectivity index (χ3n) is 0.510. The summed E-state index contributed by atoms with van der Waals surface area (Å²) in [6, 6.07) is 0. The molecule has 0 aromatic carbocycles. The SMILES string of the molecule is C=CCOC(=O)C=C.Cl[SiH](Cl)Cl. The van der Waals surface area contributed by atoms with E-state index in [1.54, 1.807) is 0 Å². The summed E-state index contributed by atoms with van der Waals surface area (Å²) in [4.78, 5) is 10.2. The molecule has 0 aliphatic rings. The van der Waals surface area contributed by atoms with Gasteiger partial charge in [0.15, 0.2) is 0 Å². The molecule has 0 aromatic rings. The van der Waals surface area contributed by atoms with Crippen LogP contribution < -0.4 is 0 Å². The summed E-state index contributed by atoms with van der Waals surface area (Å²) in [5, 5.41) is 0. The van der Waals surface area contributed by atoms with Gasteiger partial charge in [-0.3, -0.25) is 0 Å². The summed E-state index contributed by atoms with van der Waals surface area (Å²) in [5.74, 6) is -0.412. The molecule has 0 saturated heterocycles. The molecule has 0 unspecified atom stereocenters. The minimum absolute atomic E-state index is 0.255. The normalized spacial score (nSPS) is 8.00. The minimum atomic E-state index is -1.72. The van der Waals surface area contributed by atoms with E-state index in [1.807, 2.05) is 0 Å². The standard InChI is InChI=1S/C6H8O2.Cl3HSi/c1-3-5-8-6(7)4-2;1-4(2)3/h3-4H,1-2,5H2;4H. The number of esters is 1. The van der Waals surface area contributed by atoms with Gasteiger partial charge in [0.05, 0.1) is 0 Å². The highest BCUT2D eigenvalue weighted by atomic mass is 35.8. The van der Waals surface area contributed by atoms with Crippen molar-refractivity contribution in [2.24, 2.45) is 0 Å². The van der Waals surface area contributed by atoms with Crippen molar-refractivity contribution in [1.82, 2.24) is 0 Å². The van der Waals surface area contributed by atoms with E-state index in [-0.39, 0.29) is 6.61 Å². The van der Waals surface area contributed by atoms with E-state index in [9.17, 15) is 4.79 Å². The lowest BCUT2D eigenvalue weighted by molar-refractivity contribution is -0.136. The Morgan fingerprint density at radius 3 is 2.08 bits per heavy atom. The second-order valence-corrected chi connectivity index (χ2v) is 7.80. The van der Waals surface area contributed by atoms with Crippen molar-refractivity contribution in [2.75, 3.05) is 6.61 Å². The predicted octanol–water partition coefficient (Wildman–Crippen LogP) is 2.32. The van der Waals surface area contributed by atoms with Crippen LogP contribution in [0.25, 0.3) is 0 Å². The molecule has 0 bridgehead atoms. The van der Waals surface area contributed by atoms with E-state index in [2.05, 4.69) is 17.9 Å². The lowest BCUT2D eigenvalue weighted by Crippen LogP contribution is -1.98. The topological polar surface area (TPSA) is 26.3 Å². The number of carbonyl (C=O) groups is 1. The van der Waals surface area contributed by atoms with E-state index in [0.29, 0.717) is 0 Å². The molecule has 6 heteroatoms. The zero-order valence-corrected chi connectivity index (χ0v) is 9.73. The van der Waals surface area contributed by atoms with Gasteiger partial charge in [0, 0.05) is 6.08 Å². The maximum absolute atomic E-state index is 10.2. The smallest absolute Gasteiger partial charge is 0.330 e. The highest BCUT2D eigenvalue weighted by Crippen LogP contribution is 1.97. The molecule has 0 aliphatic carbocycles. The van der Waals surface area contributed by atoms with Crippen molar-refractivity contribution >= 4 is 45.9 Å². The second-order valence-electron chi connectivity index (χ2n) is 1.37. The third kappa shape index (κ3) is 22.5. The lowest BCUT2D eigenvalue weighted by Gasteiger charge is -1.92. The van der Waals surface area contributed by atoms with Gasteiger partial charge >= 0.3 is 12.7 Å². The van der Waals surface area contributed by atoms with Gasteiger partial charge in [0.2, 0.25) is 0 Å². The molecule has 0 saturated carbocycles. The number of hydrogen-bond donors (Lipinski definition) is 0. The van der Waals surface area contributed by atoms with E-state index < -0.39 is 12.7 Å². The molecule has 0 aliphatic heterocycles. The summed E-state index contributed by atoms with van der Waals surface area (Å²) in [6.07, 6.45) is 2.62. The van der Waals surface area contributed by atoms with Gasteiger partial charge in [-0.15, -0.1) is 33.2 Å². The Labute approximate surface area is 87.5 Å².